The van der Waals surface area contributed by atoms with Crippen LogP contribution < -0.4 is 10.6 Å². The zero-order valence-corrected chi connectivity index (χ0v) is 11.0. The number of piperazine rings is 1. The van der Waals surface area contributed by atoms with Crippen molar-refractivity contribution in [1.29, 1.82) is 0 Å². The molecule has 2 N–H and O–H groups in total. The fourth-order valence-electron chi connectivity index (χ4n) is 2.37. The van der Waals surface area contributed by atoms with E-state index in [0.717, 1.165) is 32.0 Å². The lowest BCUT2D eigenvalue weighted by molar-refractivity contribution is 0.0899. The third-order valence-electron chi connectivity index (χ3n) is 3.44. The van der Waals surface area contributed by atoms with Crippen LogP contribution in [0.2, 0.25) is 0 Å². The van der Waals surface area contributed by atoms with Crippen LogP contribution >= 0.6 is 0 Å². The van der Waals surface area contributed by atoms with Crippen LogP contribution in [0.15, 0.2) is 24.4 Å². The second-order valence-electron chi connectivity index (χ2n) is 4.56. The minimum Gasteiger partial charge on any atom is -0.383 e. The molecule has 18 heavy (non-hydrogen) atoms. The highest BCUT2D eigenvalue weighted by Gasteiger charge is 2.23. The van der Waals surface area contributed by atoms with Gasteiger partial charge in [0.05, 0.1) is 6.61 Å². The highest BCUT2D eigenvalue weighted by atomic mass is 16.5. The molecular formula is C13H22N4O. The zero-order chi connectivity index (χ0) is 12.8. The lowest BCUT2D eigenvalue weighted by atomic mass is 10.2. The number of pyridine rings is 1. The molecule has 0 aromatic carbocycles. The molecule has 1 unspecified atom stereocenters. The molecule has 0 saturated carbocycles. The topological polar surface area (TPSA) is 54.6 Å². The van der Waals surface area contributed by atoms with Crippen molar-refractivity contribution in [2.45, 2.75) is 6.04 Å². The first-order valence-electron chi connectivity index (χ1n) is 6.44. The zero-order valence-electron chi connectivity index (χ0n) is 11.0. The Balaban J connectivity index is 1.88. The largest absolute Gasteiger partial charge is 0.383 e. The minimum absolute atomic E-state index is 0.334. The Morgan fingerprint density at radius 2 is 2.11 bits per heavy atom. The summed E-state index contributed by atoms with van der Waals surface area (Å²) in [6.45, 7) is 5.38. The van der Waals surface area contributed by atoms with Crippen molar-refractivity contribution in [1.82, 2.24) is 9.88 Å². The molecule has 0 bridgehead atoms. The molecule has 1 saturated heterocycles. The van der Waals surface area contributed by atoms with E-state index in [2.05, 4.69) is 20.9 Å². The first-order chi connectivity index (χ1) is 8.85. The minimum atomic E-state index is 0.334. The van der Waals surface area contributed by atoms with Gasteiger partial charge in [-0.3, -0.25) is 4.90 Å². The normalized spacial score (nSPS) is 18.9. The van der Waals surface area contributed by atoms with Crippen molar-refractivity contribution in [3.8, 4) is 0 Å². The van der Waals surface area contributed by atoms with E-state index in [9.17, 15) is 0 Å². The van der Waals surface area contributed by atoms with Crippen molar-refractivity contribution in [3.05, 3.63) is 24.4 Å². The second-order valence-corrected chi connectivity index (χ2v) is 4.56. The van der Waals surface area contributed by atoms with Gasteiger partial charge in [-0.15, -0.1) is 0 Å². The summed E-state index contributed by atoms with van der Waals surface area (Å²) < 4.78 is 5.21. The van der Waals surface area contributed by atoms with Gasteiger partial charge < -0.3 is 15.4 Å². The maximum atomic E-state index is 5.79. The maximum absolute atomic E-state index is 5.79. The summed E-state index contributed by atoms with van der Waals surface area (Å²) in [5.41, 5.74) is 5.79. The average molecular weight is 250 g/mol. The van der Waals surface area contributed by atoms with E-state index in [1.54, 1.807) is 7.11 Å². The van der Waals surface area contributed by atoms with E-state index in [-0.39, 0.29) is 0 Å². The van der Waals surface area contributed by atoms with Gasteiger partial charge in [0.2, 0.25) is 0 Å². The van der Waals surface area contributed by atoms with Crippen LogP contribution in [0.25, 0.3) is 0 Å². The third-order valence-corrected chi connectivity index (χ3v) is 3.44. The summed E-state index contributed by atoms with van der Waals surface area (Å²) in [5, 5.41) is 0. The number of aromatic nitrogens is 1. The summed E-state index contributed by atoms with van der Waals surface area (Å²) >= 11 is 0. The molecule has 5 nitrogen and oxygen atoms in total. The molecule has 1 atom stereocenters. The van der Waals surface area contributed by atoms with Gasteiger partial charge in [-0.05, 0) is 12.1 Å². The summed E-state index contributed by atoms with van der Waals surface area (Å²) in [6.07, 6.45) is 1.84. The summed E-state index contributed by atoms with van der Waals surface area (Å²) in [5.74, 6) is 1.06. The Bertz CT molecular complexity index is 338. The van der Waals surface area contributed by atoms with Gasteiger partial charge in [0.1, 0.15) is 5.82 Å². The molecule has 1 aromatic rings. The molecule has 5 heteroatoms. The Morgan fingerprint density at radius 1 is 1.33 bits per heavy atom. The van der Waals surface area contributed by atoms with Gasteiger partial charge in [-0.1, -0.05) is 6.07 Å². The molecule has 0 radical (unpaired) electrons. The Hall–Kier alpha value is -1.17. The molecule has 1 aromatic heterocycles. The van der Waals surface area contributed by atoms with Crippen LogP contribution in [-0.4, -0.2) is 62.4 Å². The van der Waals surface area contributed by atoms with Gasteiger partial charge in [0, 0.05) is 52.1 Å². The van der Waals surface area contributed by atoms with Gasteiger partial charge in [-0.25, -0.2) is 4.98 Å². The first-order valence-corrected chi connectivity index (χ1v) is 6.44. The summed E-state index contributed by atoms with van der Waals surface area (Å²) in [7, 11) is 1.73. The number of anilines is 1. The van der Waals surface area contributed by atoms with Crippen LogP contribution in [0, 0.1) is 0 Å². The van der Waals surface area contributed by atoms with Crippen LogP contribution in [-0.2, 0) is 4.74 Å². The maximum Gasteiger partial charge on any atom is 0.128 e. The number of methoxy groups -OCH3 is 1. The summed E-state index contributed by atoms with van der Waals surface area (Å²) in [4.78, 5) is 9.11. The van der Waals surface area contributed by atoms with Gasteiger partial charge in [0.25, 0.3) is 0 Å². The fourth-order valence-corrected chi connectivity index (χ4v) is 2.37. The van der Waals surface area contributed by atoms with E-state index in [1.807, 2.05) is 18.3 Å². The summed E-state index contributed by atoms with van der Waals surface area (Å²) in [6, 6.07) is 6.37. The van der Waals surface area contributed by atoms with Crippen molar-refractivity contribution in [2.75, 3.05) is 51.3 Å². The molecule has 100 valence electrons. The lowest BCUT2D eigenvalue weighted by Gasteiger charge is -2.39. The second kappa shape index (κ2) is 6.68. The molecule has 0 amide bonds. The third kappa shape index (κ3) is 3.19. The Labute approximate surface area is 109 Å². The van der Waals surface area contributed by atoms with Crippen molar-refractivity contribution in [3.63, 3.8) is 0 Å². The van der Waals surface area contributed by atoms with E-state index >= 15 is 0 Å². The van der Waals surface area contributed by atoms with Crippen molar-refractivity contribution >= 4 is 5.82 Å². The predicted molar refractivity (Wildman–Crippen MR) is 72.7 cm³/mol. The van der Waals surface area contributed by atoms with Gasteiger partial charge >= 0.3 is 0 Å². The van der Waals surface area contributed by atoms with Gasteiger partial charge in [-0.2, -0.15) is 0 Å². The molecule has 1 aliphatic rings. The number of rotatable bonds is 5. The van der Waals surface area contributed by atoms with Gasteiger partial charge in [0.15, 0.2) is 0 Å². The monoisotopic (exact) mass is 250 g/mol. The quantitative estimate of drug-likeness (QED) is 0.808. The Morgan fingerprint density at radius 3 is 2.67 bits per heavy atom. The van der Waals surface area contributed by atoms with Crippen LogP contribution in [0.4, 0.5) is 5.82 Å². The van der Waals surface area contributed by atoms with Crippen molar-refractivity contribution < 1.29 is 4.74 Å². The van der Waals surface area contributed by atoms with E-state index in [1.165, 1.54) is 0 Å². The van der Waals surface area contributed by atoms with Crippen LogP contribution in [0.5, 0.6) is 0 Å². The number of ether oxygens (including phenoxy) is 1. The molecule has 0 aliphatic carbocycles. The SMILES string of the molecule is COCC(CN)N1CCN(c2ccccn2)CC1. The number of nitrogens with zero attached hydrogens (tertiary/aromatic N) is 3. The number of hydrogen-bond donors (Lipinski definition) is 1. The van der Waals surface area contributed by atoms with E-state index in [4.69, 9.17) is 10.5 Å². The van der Waals surface area contributed by atoms with Crippen LogP contribution in [0.1, 0.15) is 0 Å². The number of nitrogens with two attached hydrogens (primary N) is 1. The van der Waals surface area contributed by atoms with Crippen LogP contribution in [0.3, 0.4) is 0 Å². The molecule has 2 heterocycles. The standard InChI is InChI=1S/C13H22N4O/c1-18-11-12(10-14)16-6-8-17(9-7-16)13-4-2-3-5-15-13/h2-5,12H,6-11,14H2,1H3. The molecule has 1 fully saturated rings. The molecular weight excluding hydrogens is 228 g/mol. The molecule has 0 spiro atoms. The average Bonchev–Trinajstić information content (AvgIpc) is 2.46. The van der Waals surface area contributed by atoms with E-state index in [0.29, 0.717) is 19.2 Å². The molecule has 2 rings (SSSR count). The Kier molecular flexibility index (Phi) is 4.92. The smallest absolute Gasteiger partial charge is 0.128 e. The molecule has 1 aliphatic heterocycles. The first kappa shape index (κ1) is 13.3. The highest BCUT2D eigenvalue weighted by Crippen LogP contribution is 2.13. The number of hydrogen-bond acceptors (Lipinski definition) is 5. The fraction of sp³-hybridized carbons (Fsp3) is 0.615. The predicted octanol–water partition coefficient (Wildman–Crippen LogP) is 0.177. The van der Waals surface area contributed by atoms with Crippen molar-refractivity contribution in [2.24, 2.45) is 5.73 Å². The lowest BCUT2D eigenvalue weighted by Crippen LogP contribution is -2.54. The van der Waals surface area contributed by atoms with E-state index < -0.39 is 0 Å². The highest BCUT2D eigenvalue weighted by molar-refractivity contribution is 5.38.